The molecule has 6 heteroatoms. The lowest BCUT2D eigenvalue weighted by atomic mass is 9.98. The highest BCUT2D eigenvalue weighted by Crippen LogP contribution is 2.24. The topological polar surface area (TPSA) is 83.8 Å². The minimum atomic E-state index is -1.67. The van der Waals surface area contributed by atoms with Gasteiger partial charge in [0.05, 0.1) is 13.0 Å². The third-order valence-corrected chi connectivity index (χ3v) is 2.71. The van der Waals surface area contributed by atoms with Crippen molar-refractivity contribution in [2.75, 3.05) is 13.0 Å². The average molecular weight is 273 g/mol. The van der Waals surface area contributed by atoms with Gasteiger partial charge in [0.2, 0.25) is 0 Å². The highest BCUT2D eigenvalue weighted by molar-refractivity contribution is 6.27. The zero-order valence-electron chi connectivity index (χ0n) is 9.72. The van der Waals surface area contributed by atoms with Crippen LogP contribution in [-0.2, 0) is 16.0 Å². The monoisotopic (exact) mass is 272 g/mol. The van der Waals surface area contributed by atoms with Gasteiger partial charge in [0.15, 0.2) is 11.9 Å². The van der Waals surface area contributed by atoms with Gasteiger partial charge in [-0.05, 0) is 23.3 Å². The number of rotatable bonds is 6. The van der Waals surface area contributed by atoms with Crippen molar-refractivity contribution in [2.45, 2.75) is 12.5 Å². The van der Waals surface area contributed by atoms with Crippen LogP contribution in [0.1, 0.15) is 17.2 Å². The molecule has 0 spiro atoms. The van der Waals surface area contributed by atoms with E-state index < -0.39 is 12.1 Å². The number of Topliss-reactive ketones (excluding diaryl/α,β-unsaturated/α-hetero) is 1. The van der Waals surface area contributed by atoms with E-state index in [0.29, 0.717) is 11.3 Å². The molecule has 0 radical (unpaired) electrons. The van der Waals surface area contributed by atoms with Crippen molar-refractivity contribution in [2.24, 2.45) is 0 Å². The van der Waals surface area contributed by atoms with Crippen LogP contribution in [0.15, 0.2) is 18.2 Å². The van der Waals surface area contributed by atoms with Crippen molar-refractivity contribution in [3.8, 4) is 5.75 Å². The Balaban J connectivity index is 3.15. The van der Waals surface area contributed by atoms with Crippen LogP contribution in [0.2, 0.25) is 0 Å². The first-order valence-corrected chi connectivity index (χ1v) is 5.68. The van der Waals surface area contributed by atoms with Gasteiger partial charge in [0, 0.05) is 6.42 Å². The van der Waals surface area contributed by atoms with Crippen molar-refractivity contribution < 1.29 is 24.5 Å². The molecule has 1 aromatic rings. The number of hydrogen-bond acceptors (Lipinski definition) is 4. The van der Waals surface area contributed by atoms with Crippen molar-refractivity contribution >= 4 is 23.4 Å². The summed E-state index contributed by atoms with van der Waals surface area (Å²) in [5, 5.41) is 18.3. The minimum Gasteiger partial charge on any atom is -0.497 e. The number of ether oxygens (including phenoxy) is 1. The van der Waals surface area contributed by atoms with Crippen LogP contribution in [-0.4, -0.2) is 35.0 Å². The second-order valence-electron chi connectivity index (χ2n) is 3.65. The number of benzene rings is 1. The molecule has 0 saturated heterocycles. The van der Waals surface area contributed by atoms with E-state index in [1.54, 1.807) is 0 Å². The first-order valence-electron chi connectivity index (χ1n) is 5.15. The predicted molar refractivity (Wildman–Crippen MR) is 65.0 cm³/mol. The van der Waals surface area contributed by atoms with Crippen molar-refractivity contribution in [3.05, 3.63) is 29.3 Å². The van der Waals surface area contributed by atoms with Crippen molar-refractivity contribution in [3.63, 3.8) is 0 Å². The maximum atomic E-state index is 11.3. The lowest BCUT2D eigenvalue weighted by molar-refractivity contribution is -0.147. The number of halogens is 1. The minimum absolute atomic E-state index is 0.0413. The van der Waals surface area contributed by atoms with Gasteiger partial charge in [-0.2, -0.15) is 0 Å². The molecule has 0 saturated carbocycles. The fraction of sp³-hybridized carbons (Fsp3) is 0.333. The average Bonchev–Trinajstić information content (AvgIpc) is 2.37. The zero-order chi connectivity index (χ0) is 13.7. The molecular formula is C12H13ClO5. The van der Waals surface area contributed by atoms with Gasteiger partial charge in [0.1, 0.15) is 5.75 Å². The van der Waals surface area contributed by atoms with E-state index in [-0.39, 0.29) is 23.6 Å². The summed E-state index contributed by atoms with van der Waals surface area (Å²) in [6.45, 7) is 0. The Bertz CT molecular complexity index is 458. The quantitative estimate of drug-likeness (QED) is 0.759. The van der Waals surface area contributed by atoms with Gasteiger partial charge in [-0.3, -0.25) is 4.79 Å². The van der Waals surface area contributed by atoms with Gasteiger partial charge in [-0.15, -0.1) is 11.6 Å². The van der Waals surface area contributed by atoms with E-state index in [9.17, 15) is 14.7 Å². The number of aliphatic hydroxyl groups excluding tert-OH is 1. The van der Waals surface area contributed by atoms with E-state index in [0.717, 1.165) is 0 Å². The Morgan fingerprint density at radius 3 is 2.61 bits per heavy atom. The van der Waals surface area contributed by atoms with E-state index in [2.05, 4.69) is 0 Å². The number of ketones is 1. The third-order valence-electron chi connectivity index (χ3n) is 2.42. The molecule has 18 heavy (non-hydrogen) atoms. The number of carboxylic acid groups (broad SMARTS) is 1. The molecule has 0 aliphatic rings. The molecule has 0 fully saturated rings. The normalized spacial score (nSPS) is 11.9. The lowest BCUT2D eigenvalue weighted by Gasteiger charge is -2.13. The number of alkyl halides is 1. The lowest BCUT2D eigenvalue weighted by Crippen LogP contribution is -2.15. The molecule has 0 aliphatic heterocycles. The number of aliphatic carboxylic acids is 1. The molecule has 1 rings (SSSR count). The van der Waals surface area contributed by atoms with E-state index in [1.807, 2.05) is 0 Å². The summed E-state index contributed by atoms with van der Waals surface area (Å²) >= 11 is 5.41. The molecule has 5 nitrogen and oxygen atoms in total. The summed E-state index contributed by atoms with van der Waals surface area (Å²) in [4.78, 5) is 22.1. The molecule has 1 unspecified atom stereocenters. The standard InChI is InChI=1S/C12H13ClO5/c1-18-9-2-3-10(11(15)12(16)17)7(5-9)4-8(14)6-13/h2-3,5,11,15H,4,6H2,1H3,(H,16,17). The molecule has 98 valence electrons. The molecule has 1 aromatic carbocycles. The summed E-state index contributed by atoms with van der Waals surface area (Å²) in [7, 11) is 1.45. The van der Waals surface area contributed by atoms with E-state index >= 15 is 0 Å². The maximum Gasteiger partial charge on any atom is 0.337 e. The summed E-state index contributed by atoms with van der Waals surface area (Å²) in [5.41, 5.74) is 0.566. The third kappa shape index (κ3) is 3.45. The fourth-order valence-corrected chi connectivity index (χ4v) is 1.62. The van der Waals surface area contributed by atoms with E-state index in [1.165, 1.54) is 25.3 Å². The second kappa shape index (κ2) is 6.37. The summed E-state index contributed by atoms with van der Waals surface area (Å²) in [5.74, 6) is -1.32. The van der Waals surface area contributed by atoms with Crippen LogP contribution in [0.4, 0.5) is 0 Å². The molecule has 1 atom stereocenters. The van der Waals surface area contributed by atoms with Crippen LogP contribution < -0.4 is 4.74 Å². The Morgan fingerprint density at radius 1 is 1.44 bits per heavy atom. The van der Waals surface area contributed by atoms with E-state index in [4.69, 9.17) is 21.4 Å². The van der Waals surface area contributed by atoms with Crippen LogP contribution in [0, 0.1) is 0 Å². The number of carbonyl (C=O) groups excluding carboxylic acids is 1. The number of hydrogen-bond donors (Lipinski definition) is 2. The van der Waals surface area contributed by atoms with Crippen LogP contribution in [0.3, 0.4) is 0 Å². The molecule has 0 amide bonds. The van der Waals surface area contributed by atoms with Gasteiger partial charge < -0.3 is 14.9 Å². The van der Waals surface area contributed by atoms with Gasteiger partial charge >= 0.3 is 5.97 Å². The first-order chi connectivity index (χ1) is 8.49. The summed E-state index contributed by atoms with van der Waals surface area (Å²) in [6, 6.07) is 4.47. The number of carboxylic acids is 1. The Morgan fingerprint density at radius 2 is 2.11 bits per heavy atom. The number of carbonyl (C=O) groups is 2. The van der Waals surface area contributed by atoms with Gasteiger partial charge in [-0.1, -0.05) is 6.07 Å². The van der Waals surface area contributed by atoms with Crippen molar-refractivity contribution in [1.29, 1.82) is 0 Å². The molecule has 0 aromatic heterocycles. The van der Waals surface area contributed by atoms with Gasteiger partial charge in [0.25, 0.3) is 0 Å². The van der Waals surface area contributed by atoms with Crippen LogP contribution >= 0.6 is 11.6 Å². The highest BCUT2D eigenvalue weighted by Gasteiger charge is 2.21. The molecule has 0 bridgehead atoms. The molecule has 0 aliphatic carbocycles. The van der Waals surface area contributed by atoms with Crippen LogP contribution in [0.5, 0.6) is 5.75 Å². The first kappa shape index (κ1) is 14.5. The Labute approximate surface area is 109 Å². The maximum absolute atomic E-state index is 11.3. The molecule has 2 N–H and O–H groups in total. The zero-order valence-corrected chi connectivity index (χ0v) is 10.5. The Hall–Kier alpha value is -1.59. The summed E-state index contributed by atoms with van der Waals surface area (Å²) in [6.07, 6.45) is -1.71. The van der Waals surface area contributed by atoms with Crippen molar-refractivity contribution in [1.82, 2.24) is 0 Å². The Kier molecular flexibility index (Phi) is 5.12. The fourth-order valence-electron chi connectivity index (χ4n) is 1.52. The second-order valence-corrected chi connectivity index (χ2v) is 3.92. The smallest absolute Gasteiger partial charge is 0.337 e. The highest BCUT2D eigenvalue weighted by atomic mass is 35.5. The number of aliphatic hydroxyl groups is 1. The molecule has 0 heterocycles. The number of methoxy groups -OCH3 is 1. The van der Waals surface area contributed by atoms with Gasteiger partial charge in [-0.25, -0.2) is 4.79 Å². The van der Waals surface area contributed by atoms with Crippen LogP contribution in [0.25, 0.3) is 0 Å². The summed E-state index contributed by atoms with van der Waals surface area (Å²) < 4.78 is 4.99. The SMILES string of the molecule is COc1ccc(C(O)C(=O)O)c(CC(=O)CCl)c1. The molecular weight excluding hydrogens is 260 g/mol. The predicted octanol–water partition coefficient (Wildman–Crippen LogP) is 1.16. The largest absolute Gasteiger partial charge is 0.497 e.